The minimum absolute atomic E-state index is 0.277. The van der Waals surface area contributed by atoms with Gasteiger partial charge in [0.1, 0.15) is 18.2 Å². The van der Waals surface area contributed by atoms with Crippen molar-refractivity contribution < 1.29 is 8.98 Å². The van der Waals surface area contributed by atoms with Crippen molar-refractivity contribution in [3.8, 4) is 17.3 Å². The lowest BCUT2D eigenvalue weighted by molar-refractivity contribution is -0.660. The van der Waals surface area contributed by atoms with E-state index in [0.717, 1.165) is 38.8 Å². The van der Waals surface area contributed by atoms with Crippen molar-refractivity contribution in [3.63, 3.8) is 0 Å². The van der Waals surface area contributed by atoms with E-state index in [1.807, 2.05) is 18.2 Å². The largest absolute Gasteiger partial charge is 0.455 e. The number of nitrogens with zero attached hydrogens (tertiary/aromatic N) is 2. The Hall–Kier alpha value is -3.12. The number of hydrogen-bond acceptors (Lipinski definition) is 2. The van der Waals surface area contributed by atoms with Gasteiger partial charge in [0.2, 0.25) is 5.69 Å². The third kappa shape index (κ3) is 2.61. The van der Waals surface area contributed by atoms with E-state index in [1.54, 1.807) is 0 Å². The third-order valence-corrected chi connectivity index (χ3v) is 5.33. The van der Waals surface area contributed by atoms with E-state index in [1.165, 1.54) is 11.1 Å². The molecule has 0 aliphatic heterocycles. The fraction of sp³-hybridized carbons (Fsp3) is 0.250. The molecule has 0 atom stereocenters. The summed E-state index contributed by atoms with van der Waals surface area (Å²) in [6.07, 6.45) is 2.05. The van der Waals surface area contributed by atoms with E-state index in [-0.39, 0.29) is 5.92 Å². The van der Waals surface area contributed by atoms with Crippen molar-refractivity contribution >= 4 is 21.9 Å². The van der Waals surface area contributed by atoms with Crippen LogP contribution < -0.4 is 4.57 Å². The maximum absolute atomic E-state index is 9.51. The lowest BCUT2D eigenvalue weighted by Crippen LogP contribution is -2.30. The van der Waals surface area contributed by atoms with Crippen LogP contribution >= 0.6 is 0 Å². The number of rotatable bonds is 2. The maximum Gasteiger partial charge on any atom is 0.216 e. The minimum atomic E-state index is 0.277. The van der Waals surface area contributed by atoms with Crippen LogP contribution in [0.15, 0.2) is 47.0 Å². The molecular weight excluding hydrogens is 332 g/mol. The first kappa shape index (κ1) is 17.3. The number of benzene rings is 2. The van der Waals surface area contributed by atoms with Gasteiger partial charge in [0, 0.05) is 22.9 Å². The van der Waals surface area contributed by atoms with Gasteiger partial charge in [-0.3, -0.25) is 0 Å². The summed E-state index contributed by atoms with van der Waals surface area (Å²) in [6, 6.07) is 14.6. The predicted octanol–water partition coefficient (Wildman–Crippen LogP) is 5.69. The van der Waals surface area contributed by atoms with Crippen LogP contribution in [0, 0.1) is 25.2 Å². The second-order valence-electron chi connectivity index (χ2n) is 7.60. The number of fused-ring (bicyclic) bond motifs is 3. The molecule has 0 fully saturated rings. The molecule has 0 saturated heterocycles. The SMILES string of the molecule is Cc1cc(C)c2c(oc3c(C(C)C)cc(C#N)cc32)c1-c1cccc[n+]1C. The van der Waals surface area contributed by atoms with Crippen LogP contribution in [0.5, 0.6) is 0 Å². The number of pyridine rings is 1. The number of hydrogen-bond donors (Lipinski definition) is 0. The molecule has 0 unspecified atom stereocenters. The van der Waals surface area contributed by atoms with Gasteiger partial charge in [0.15, 0.2) is 6.20 Å². The fourth-order valence-electron chi connectivity index (χ4n) is 4.04. The zero-order chi connectivity index (χ0) is 19.3. The molecule has 0 aliphatic rings. The molecule has 2 aromatic heterocycles. The highest BCUT2D eigenvalue weighted by molar-refractivity contribution is 6.12. The van der Waals surface area contributed by atoms with E-state index in [4.69, 9.17) is 4.42 Å². The zero-order valence-corrected chi connectivity index (χ0v) is 16.4. The zero-order valence-electron chi connectivity index (χ0n) is 16.4. The lowest BCUT2D eigenvalue weighted by Gasteiger charge is -2.07. The van der Waals surface area contributed by atoms with Crippen LogP contribution in [0.3, 0.4) is 0 Å². The van der Waals surface area contributed by atoms with E-state index in [9.17, 15) is 5.26 Å². The molecule has 3 nitrogen and oxygen atoms in total. The predicted molar refractivity (Wildman–Crippen MR) is 109 cm³/mol. The number of aryl methyl sites for hydroxylation is 3. The first-order valence-corrected chi connectivity index (χ1v) is 9.27. The van der Waals surface area contributed by atoms with Crippen molar-refractivity contribution in [3.05, 3.63) is 64.8 Å². The van der Waals surface area contributed by atoms with Gasteiger partial charge in [-0.05, 0) is 54.7 Å². The number of aromatic nitrogens is 1. The van der Waals surface area contributed by atoms with Crippen molar-refractivity contribution in [2.75, 3.05) is 0 Å². The molecule has 0 bridgehead atoms. The van der Waals surface area contributed by atoms with Crippen LogP contribution in [0.2, 0.25) is 0 Å². The maximum atomic E-state index is 9.51. The molecule has 0 saturated carbocycles. The quantitative estimate of drug-likeness (QED) is 0.433. The van der Waals surface area contributed by atoms with Gasteiger partial charge in [-0.1, -0.05) is 19.9 Å². The summed E-state index contributed by atoms with van der Waals surface area (Å²) in [5.41, 5.74) is 8.16. The van der Waals surface area contributed by atoms with Crippen LogP contribution in [0.4, 0.5) is 0 Å². The molecule has 0 aliphatic carbocycles. The van der Waals surface area contributed by atoms with E-state index >= 15 is 0 Å². The fourth-order valence-corrected chi connectivity index (χ4v) is 4.04. The Bertz CT molecular complexity index is 1240. The standard InChI is InChI=1S/C24H23N2O/c1-14(2)18-11-17(13-25)12-19-21-15(3)10-16(4)22(24(21)27-23(18)19)20-8-6-7-9-26(20)5/h6-12,14H,1-5H3/q+1. The summed E-state index contributed by atoms with van der Waals surface area (Å²) >= 11 is 0. The van der Waals surface area contributed by atoms with Crippen molar-refractivity contribution in [1.82, 2.24) is 0 Å². The molecule has 0 spiro atoms. The van der Waals surface area contributed by atoms with Crippen LogP contribution in [0.1, 0.15) is 42.0 Å². The van der Waals surface area contributed by atoms with Gasteiger partial charge in [-0.15, -0.1) is 0 Å². The van der Waals surface area contributed by atoms with Crippen molar-refractivity contribution in [2.45, 2.75) is 33.6 Å². The topological polar surface area (TPSA) is 40.8 Å². The molecule has 27 heavy (non-hydrogen) atoms. The van der Waals surface area contributed by atoms with E-state index < -0.39 is 0 Å². The molecule has 134 valence electrons. The molecule has 2 aromatic carbocycles. The van der Waals surface area contributed by atoms with E-state index in [2.05, 4.69) is 69.8 Å². The third-order valence-electron chi connectivity index (χ3n) is 5.33. The average Bonchev–Trinajstić information content (AvgIpc) is 3.01. The minimum Gasteiger partial charge on any atom is -0.455 e. The Kier molecular flexibility index (Phi) is 4.00. The normalized spacial score (nSPS) is 11.4. The van der Waals surface area contributed by atoms with Gasteiger partial charge in [-0.2, -0.15) is 5.26 Å². The number of furan rings is 1. The van der Waals surface area contributed by atoms with Gasteiger partial charge < -0.3 is 4.42 Å². The summed E-state index contributed by atoms with van der Waals surface area (Å²) in [7, 11) is 2.05. The lowest BCUT2D eigenvalue weighted by atomic mass is 9.94. The molecule has 2 heterocycles. The summed E-state index contributed by atoms with van der Waals surface area (Å²) in [4.78, 5) is 0. The van der Waals surface area contributed by atoms with Gasteiger partial charge >= 0.3 is 0 Å². The summed E-state index contributed by atoms with van der Waals surface area (Å²) in [5, 5.41) is 11.6. The Morgan fingerprint density at radius 2 is 1.81 bits per heavy atom. The summed E-state index contributed by atoms with van der Waals surface area (Å²) in [5.74, 6) is 0.277. The van der Waals surface area contributed by atoms with Gasteiger partial charge in [0.05, 0.1) is 17.2 Å². The van der Waals surface area contributed by atoms with Crippen LogP contribution in [-0.2, 0) is 7.05 Å². The molecule has 3 heteroatoms. The Morgan fingerprint density at radius 1 is 1.04 bits per heavy atom. The highest BCUT2D eigenvalue weighted by Crippen LogP contribution is 2.41. The molecule has 0 radical (unpaired) electrons. The smallest absolute Gasteiger partial charge is 0.216 e. The monoisotopic (exact) mass is 355 g/mol. The van der Waals surface area contributed by atoms with Gasteiger partial charge in [-0.25, -0.2) is 4.57 Å². The van der Waals surface area contributed by atoms with E-state index in [0.29, 0.717) is 5.56 Å². The van der Waals surface area contributed by atoms with Gasteiger partial charge in [0.25, 0.3) is 0 Å². The number of nitriles is 1. The van der Waals surface area contributed by atoms with Crippen LogP contribution in [0.25, 0.3) is 33.2 Å². The molecule has 0 amide bonds. The Morgan fingerprint density at radius 3 is 2.48 bits per heavy atom. The van der Waals surface area contributed by atoms with Crippen molar-refractivity contribution in [1.29, 1.82) is 5.26 Å². The first-order valence-electron chi connectivity index (χ1n) is 9.27. The summed E-state index contributed by atoms with van der Waals surface area (Å²) < 4.78 is 8.64. The Labute approximate surface area is 159 Å². The van der Waals surface area contributed by atoms with Crippen molar-refractivity contribution in [2.24, 2.45) is 7.05 Å². The molecule has 4 rings (SSSR count). The second-order valence-corrected chi connectivity index (χ2v) is 7.60. The molecular formula is C24H23N2O+. The first-order chi connectivity index (χ1) is 12.9. The molecule has 4 aromatic rings. The highest BCUT2D eigenvalue weighted by atomic mass is 16.3. The molecule has 0 N–H and O–H groups in total. The second kappa shape index (κ2) is 6.25. The average molecular weight is 355 g/mol. The highest BCUT2D eigenvalue weighted by Gasteiger charge is 2.23. The van der Waals surface area contributed by atoms with Crippen LogP contribution in [-0.4, -0.2) is 0 Å². The Balaban J connectivity index is 2.23. The summed E-state index contributed by atoms with van der Waals surface area (Å²) in [6.45, 7) is 8.53.